The van der Waals surface area contributed by atoms with Crippen molar-refractivity contribution in [2.75, 3.05) is 19.8 Å². The Morgan fingerprint density at radius 3 is 2.67 bits per heavy atom. The minimum Gasteiger partial charge on any atom is -0.455 e. The summed E-state index contributed by atoms with van der Waals surface area (Å²) in [4.78, 5) is 12.6. The summed E-state index contributed by atoms with van der Waals surface area (Å²) in [5.74, 6) is -0.242. The van der Waals surface area contributed by atoms with Gasteiger partial charge in [-0.2, -0.15) is 0 Å². The predicted molar refractivity (Wildman–Crippen MR) is 106 cm³/mol. The van der Waals surface area contributed by atoms with Crippen LogP contribution in [0.4, 0.5) is 5.69 Å². The van der Waals surface area contributed by atoms with Crippen molar-refractivity contribution >= 4 is 34.0 Å². The van der Waals surface area contributed by atoms with Crippen molar-refractivity contribution in [1.82, 2.24) is 9.62 Å². The highest BCUT2D eigenvalue weighted by atomic mass is 35.5. The Kier molecular flexibility index (Phi) is 6.24. The van der Waals surface area contributed by atoms with Gasteiger partial charge in [0.05, 0.1) is 6.04 Å². The Balaban J connectivity index is 0.00000261. The van der Waals surface area contributed by atoms with E-state index in [1.807, 2.05) is 18.2 Å². The molecule has 148 valence electrons. The predicted octanol–water partition coefficient (Wildman–Crippen LogP) is 2.65. The van der Waals surface area contributed by atoms with Gasteiger partial charge in [0, 0.05) is 25.8 Å². The fourth-order valence-electron chi connectivity index (χ4n) is 3.24. The number of hydrogen-bond acceptors (Lipinski definition) is 5. The summed E-state index contributed by atoms with van der Waals surface area (Å²) in [7, 11) is -0.788. The standard InChI is InChI=1S/C18H23N3O4S.ClH/c1-11-17(26(23,24)21(2)3)10-16(25-11)18(22)20-15-6-4-5-12-9-13(19)7-8-14(12)15;/h7-10,15H,4-6,19H2,1-3H3,(H,20,22);1H. The highest BCUT2D eigenvalue weighted by Gasteiger charge is 2.28. The van der Waals surface area contributed by atoms with Gasteiger partial charge in [0.15, 0.2) is 5.76 Å². The molecule has 9 heteroatoms. The average molecular weight is 414 g/mol. The number of nitrogens with one attached hydrogen (secondary N) is 1. The molecular formula is C18H24ClN3O4S. The second-order valence-corrected chi connectivity index (χ2v) is 8.82. The van der Waals surface area contributed by atoms with E-state index in [0.29, 0.717) is 5.69 Å². The topological polar surface area (TPSA) is 106 Å². The monoisotopic (exact) mass is 413 g/mol. The van der Waals surface area contributed by atoms with E-state index in [9.17, 15) is 13.2 Å². The molecule has 1 atom stereocenters. The Morgan fingerprint density at radius 2 is 2.00 bits per heavy atom. The van der Waals surface area contributed by atoms with E-state index in [0.717, 1.165) is 34.7 Å². The van der Waals surface area contributed by atoms with Crippen molar-refractivity contribution in [3.8, 4) is 0 Å². The van der Waals surface area contributed by atoms with Gasteiger partial charge in [-0.15, -0.1) is 12.4 Å². The number of rotatable bonds is 4. The summed E-state index contributed by atoms with van der Waals surface area (Å²) >= 11 is 0. The molecule has 0 radical (unpaired) electrons. The first kappa shape index (κ1) is 21.3. The zero-order valence-corrected chi connectivity index (χ0v) is 17.1. The molecule has 7 nitrogen and oxygen atoms in total. The molecule has 1 unspecified atom stereocenters. The number of amides is 1. The molecule has 0 spiro atoms. The molecule has 1 amide bonds. The van der Waals surface area contributed by atoms with Gasteiger partial charge in [-0.1, -0.05) is 6.07 Å². The van der Waals surface area contributed by atoms with E-state index in [1.165, 1.54) is 27.1 Å². The van der Waals surface area contributed by atoms with Crippen molar-refractivity contribution in [3.05, 3.63) is 46.9 Å². The molecular weight excluding hydrogens is 390 g/mol. The Morgan fingerprint density at radius 1 is 1.30 bits per heavy atom. The first-order valence-electron chi connectivity index (χ1n) is 8.42. The SMILES string of the molecule is Cc1oc(C(=O)NC2CCCc3cc(N)ccc32)cc1S(=O)(=O)N(C)C.Cl. The van der Waals surface area contributed by atoms with Crippen LogP contribution in [0.15, 0.2) is 33.6 Å². The lowest BCUT2D eigenvalue weighted by atomic mass is 9.87. The lowest BCUT2D eigenvalue weighted by molar-refractivity contribution is 0.0903. The third-order valence-electron chi connectivity index (χ3n) is 4.64. The van der Waals surface area contributed by atoms with Crippen molar-refractivity contribution in [2.45, 2.75) is 37.1 Å². The summed E-state index contributed by atoms with van der Waals surface area (Å²) in [5.41, 5.74) is 8.72. The maximum atomic E-state index is 12.6. The van der Waals surface area contributed by atoms with E-state index in [1.54, 1.807) is 0 Å². The summed E-state index contributed by atoms with van der Waals surface area (Å²) in [6, 6.07) is 6.83. The molecule has 0 saturated heterocycles. The molecule has 1 aliphatic rings. The molecule has 0 saturated carbocycles. The summed E-state index contributed by atoms with van der Waals surface area (Å²) in [6.07, 6.45) is 2.68. The maximum Gasteiger partial charge on any atom is 0.287 e. The van der Waals surface area contributed by atoms with Crippen LogP contribution in [0.2, 0.25) is 0 Å². The molecule has 1 heterocycles. The number of anilines is 1. The summed E-state index contributed by atoms with van der Waals surface area (Å²) in [5, 5.41) is 2.95. The van der Waals surface area contributed by atoms with E-state index in [2.05, 4.69) is 5.32 Å². The molecule has 3 N–H and O–H groups in total. The van der Waals surface area contributed by atoms with Crippen molar-refractivity contribution < 1.29 is 17.6 Å². The number of aryl methyl sites for hydroxylation is 2. The van der Waals surface area contributed by atoms with E-state index >= 15 is 0 Å². The van der Waals surface area contributed by atoms with Gasteiger partial charge in [-0.25, -0.2) is 12.7 Å². The molecule has 2 aromatic rings. The number of benzene rings is 1. The highest BCUT2D eigenvalue weighted by Crippen LogP contribution is 2.31. The molecule has 3 rings (SSSR count). The number of carbonyl (C=O) groups is 1. The van der Waals surface area contributed by atoms with E-state index < -0.39 is 15.9 Å². The van der Waals surface area contributed by atoms with Gasteiger partial charge in [-0.3, -0.25) is 4.79 Å². The number of sulfonamides is 1. The van der Waals surface area contributed by atoms with Crippen LogP contribution in [0.25, 0.3) is 0 Å². The number of halogens is 1. The number of furan rings is 1. The summed E-state index contributed by atoms with van der Waals surface area (Å²) in [6.45, 7) is 1.53. The molecule has 0 fully saturated rings. The molecule has 0 aliphatic heterocycles. The lowest BCUT2D eigenvalue weighted by Gasteiger charge is -2.26. The third-order valence-corrected chi connectivity index (χ3v) is 6.56. The molecule has 0 bridgehead atoms. The van der Waals surface area contributed by atoms with Gasteiger partial charge in [0.25, 0.3) is 5.91 Å². The van der Waals surface area contributed by atoms with Gasteiger partial charge < -0.3 is 15.5 Å². The Labute approximate surface area is 165 Å². The molecule has 1 aliphatic carbocycles. The van der Waals surface area contributed by atoms with Crippen LogP contribution in [0.5, 0.6) is 0 Å². The number of nitrogen functional groups attached to an aromatic ring is 1. The Bertz CT molecular complexity index is 954. The van der Waals surface area contributed by atoms with Crippen LogP contribution >= 0.6 is 12.4 Å². The second kappa shape index (κ2) is 7.92. The minimum absolute atomic E-state index is 0. The van der Waals surface area contributed by atoms with Gasteiger partial charge in [-0.05, 0) is 49.4 Å². The van der Waals surface area contributed by atoms with Gasteiger partial charge >= 0.3 is 0 Å². The number of carbonyl (C=O) groups excluding carboxylic acids is 1. The first-order chi connectivity index (χ1) is 12.2. The zero-order chi connectivity index (χ0) is 19.1. The number of fused-ring (bicyclic) bond motifs is 1. The van der Waals surface area contributed by atoms with E-state index in [4.69, 9.17) is 10.2 Å². The smallest absolute Gasteiger partial charge is 0.287 e. The lowest BCUT2D eigenvalue weighted by Crippen LogP contribution is -2.30. The molecule has 27 heavy (non-hydrogen) atoms. The maximum absolute atomic E-state index is 12.6. The normalized spacial score (nSPS) is 16.5. The van der Waals surface area contributed by atoms with Crippen LogP contribution < -0.4 is 11.1 Å². The number of hydrogen-bond donors (Lipinski definition) is 2. The quantitative estimate of drug-likeness (QED) is 0.749. The van der Waals surface area contributed by atoms with Gasteiger partial charge in [0.2, 0.25) is 10.0 Å². The van der Waals surface area contributed by atoms with Crippen LogP contribution in [-0.4, -0.2) is 32.7 Å². The van der Waals surface area contributed by atoms with Crippen LogP contribution in [0, 0.1) is 6.92 Å². The Hall–Kier alpha value is -2.03. The van der Waals surface area contributed by atoms with Gasteiger partial charge in [0.1, 0.15) is 10.7 Å². The number of nitrogens with two attached hydrogens (primary N) is 1. The van der Waals surface area contributed by atoms with E-state index in [-0.39, 0.29) is 34.9 Å². The summed E-state index contributed by atoms with van der Waals surface area (Å²) < 4.78 is 31.1. The van der Waals surface area contributed by atoms with Crippen LogP contribution in [-0.2, 0) is 16.4 Å². The van der Waals surface area contributed by atoms with Crippen LogP contribution in [0.3, 0.4) is 0 Å². The number of nitrogens with zero attached hydrogens (tertiary/aromatic N) is 1. The molecule has 1 aromatic carbocycles. The fourth-order valence-corrected chi connectivity index (χ4v) is 4.30. The van der Waals surface area contributed by atoms with Crippen molar-refractivity contribution in [2.24, 2.45) is 0 Å². The first-order valence-corrected chi connectivity index (χ1v) is 9.86. The second-order valence-electron chi connectivity index (χ2n) is 6.70. The fraction of sp³-hybridized carbons (Fsp3) is 0.389. The highest BCUT2D eigenvalue weighted by molar-refractivity contribution is 7.89. The van der Waals surface area contributed by atoms with Crippen molar-refractivity contribution in [3.63, 3.8) is 0 Å². The largest absolute Gasteiger partial charge is 0.455 e. The van der Waals surface area contributed by atoms with Crippen molar-refractivity contribution in [1.29, 1.82) is 0 Å². The zero-order valence-electron chi connectivity index (χ0n) is 15.5. The third kappa shape index (κ3) is 4.12. The average Bonchev–Trinajstić information content (AvgIpc) is 2.97. The minimum atomic E-state index is -3.66. The molecule has 1 aromatic heterocycles. The van der Waals surface area contributed by atoms with Crippen LogP contribution in [0.1, 0.15) is 46.3 Å².